The molecule has 0 aliphatic carbocycles. The van der Waals surface area contributed by atoms with Gasteiger partial charge in [-0.3, -0.25) is 4.90 Å². The first kappa shape index (κ1) is 17.8. The first-order valence-corrected chi connectivity index (χ1v) is 7.39. The van der Waals surface area contributed by atoms with Crippen LogP contribution < -0.4 is 5.32 Å². The van der Waals surface area contributed by atoms with Gasteiger partial charge in [-0.2, -0.15) is 0 Å². The van der Waals surface area contributed by atoms with Gasteiger partial charge in [-0.15, -0.1) is 6.58 Å². The van der Waals surface area contributed by atoms with Crippen molar-refractivity contribution in [3.05, 3.63) is 47.8 Å². The van der Waals surface area contributed by atoms with Crippen LogP contribution in [0.25, 0.3) is 0 Å². The molecule has 0 saturated carbocycles. The third kappa shape index (κ3) is 6.85. The number of benzene rings is 1. The predicted molar refractivity (Wildman–Crippen MR) is 85.7 cm³/mol. The van der Waals surface area contributed by atoms with Gasteiger partial charge in [-0.1, -0.05) is 32.1 Å². The molecule has 0 spiro atoms. The van der Waals surface area contributed by atoms with Gasteiger partial charge in [0.25, 0.3) is 0 Å². The van der Waals surface area contributed by atoms with Gasteiger partial charge in [-0.25, -0.2) is 4.39 Å². The van der Waals surface area contributed by atoms with Gasteiger partial charge in [-0.05, 0) is 11.6 Å². The molecule has 3 nitrogen and oxygen atoms in total. The lowest BCUT2D eigenvalue weighted by atomic mass is 10.1. The summed E-state index contributed by atoms with van der Waals surface area (Å²) in [5.41, 5.74) is 1.82. The molecular formula is C17H27FN2O. The van der Waals surface area contributed by atoms with Crippen LogP contribution in [0.15, 0.2) is 30.9 Å². The van der Waals surface area contributed by atoms with Crippen molar-refractivity contribution >= 4 is 0 Å². The Morgan fingerprint density at radius 1 is 1.43 bits per heavy atom. The van der Waals surface area contributed by atoms with E-state index < -0.39 is 0 Å². The highest BCUT2D eigenvalue weighted by Crippen LogP contribution is 2.13. The molecule has 0 saturated heterocycles. The molecule has 1 aromatic rings. The molecule has 4 heteroatoms. The van der Waals surface area contributed by atoms with Crippen molar-refractivity contribution in [2.75, 3.05) is 26.8 Å². The van der Waals surface area contributed by atoms with Crippen molar-refractivity contribution < 1.29 is 9.13 Å². The van der Waals surface area contributed by atoms with E-state index in [0.29, 0.717) is 19.2 Å². The average molecular weight is 294 g/mol. The molecule has 1 aromatic carbocycles. The fourth-order valence-electron chi connectivity index (χ4n) is 2.06. The molecule has 0 aliphatic rings. The predicted octanol–water partition coefficient (Wildman–Crippen LogP) is 2.96. The monoisotopic (exact) mass is 294 g/mol. The molecule has 0 fully saturated rings. The summed E-state index contributed by atoms with van der Waals surface area (Å²) in [5.74, 6) is -0.158. The summed E-state index contributed by atoms with van der Waals surface area (Å²) in [7, 11) is 1.67. The smallest absolute Gasteiger partial charge is 0.127 e. The van der Waals surface area contributed by atoms with E-state index in [1.54, 1.807) is 13.2 Å². The summed E-state index contributed by atoms with van der Waals surface area (Å²) < 4.78 is 19.1. The van der Waals surface area contributed by atoms with Crippen LogP contribution in [0.3, 0.4) is 0 Å². The lowest BCUT2D eigenvalue weighted by Crippen LogP contribution is -2.28. The van der Waals surface area contributed by atoms with E-state index in [4.69, 9.17) is 4.74 Å². The van der Waals surface area contributed by atoms with Crippen LogP contribution in [0.5, 0.6) is 0 Å². The fourth-order valence-corrected chi connectivity index (χ4v) is 2.06. The topological polar surface area (TPSA) is 24.5 Å². The van der Waals surface area contributed by atoms with Gasteiger partial charge < -0.3 is 10.1 Å². The molecule has 0 atom stereocenters. The maximum absolute atomic E-state index is 14.0. The summed E-state index contributed by atoms with van der Waals surface area (Å²) in [6.07, 6.45) is 1.83. The van der Waals surface area contributed by atoms with E-state index in [2.05, 4.69) is 30.6 Å². The van der Waals surface area contributed by atoms with Crippen LogP contribution in [0.2, 0.25) is 0 Å². The molecule has 0 heterocycles. The Morgan fingerprint density at radius 2 is 2.19 bits per heavy atom. The number of nitrogens with one attached hydrogen (secondary N) is 1. The second kappa shape index (κ2) is 9.66. The van der Waals surface area contributed by atoms with Crippen LogP contribution in [-0.4, -0.2) is 37.7 Å². The Morgan fingerprint density at radius 3 is 2.81 bits per heavy atom. The SMILES string of the molecule is C=CCN(CCOC)Cc1cc(CNC(C)C)ccc1F. The van der Waals surface area contributed by atoms with Gasteiger partial charge in [0, 0.05) is 44.9 Å². The fraction of sp³-hybridized carbons (Fsp3) is 0.529. The average Bonchev–Trinajstić information content (AvgIpc) is 2.45. The molecule has 0 aromatic heterocycles. The van der Waals surface area contributed by atoms with Crippen LogP contribution in [0.4, 0.5) is 4.39 Å². The molecule has 21 heavy (non-hydrogen) atoms. The van der Waals surface area contributed by atoms with Crippen LogP contribution >= 0.6 is 0 Å². The summed E-state index contributed by atoms with van der Waals surface area (Å²) in [5, 5.41) is 3.35. The number of halogens is 1. The van der Waals surface area contributed by atoms with Gasteiger partial charge in [0.2, 0.25) is 0 Å². The van der Waals surface area contributed by atoms with Gasteiger partial charge in [0.1, 0.15) is 5.82 Å². The zero-order valence-electron chi connectivity index (χ0n) is 13.4. The molecule has 1 N–H and O–H groups in total. The minimum Gasteiger partial charge on any atom is -0.383 e. The van der Waals surface area contributed by atoms with E-state index in [1.807, 2.05) is 18.2 Å². The van der Waals surface area contributed by atoms with Crippen molar-refractivity contribution in [1.29, 1.82) is 0 Å². The molecule has 1 rings (SSSR count). The molecule has 0 radical (unpaired) electrons. The van der Waals surface area contributed by atoms with E-state index in [1.165, 1.54) is 0 Å². The number of ether oxygens (including phenoxy) is 1. The number of rotatable bonds is 10. The van der Waals surface area contributed by atoms with E-state index in [9.17, 15) is 4.39 Å². The quantitative estimate of drug-likeness (QED) is 0.672. The second-order valence-corrected chi connectivity index (χ2v) is 5.48. The van der Waals surface area contributed by atoms with E-state index in [0.717, 1.165) is 30.8 Å². The van der Waals surface area contributed by atoms with Crippen LogP contribution in [-0.2, 0) is 17.8 Å². The summed E-state index contributed by atoms with van der Waals surface area (Å²) >= 11 is 0. The first-order chi connectivity index (χ1) is 10.1. The van der Waals surface area contributed by atoms with Gasteiger partial charge >= 0.3 is 0 Å². The maximum atomic E-state index is 14.0. The molecule has 0 aliphatic heterocycles. The second-order valence-electron chi connectivity index (χ2n) is 5.48. The summed E-state index contributed by atoms with van der Waals surface area (Å²) in [6, 6.07) is 5.74. The normalized spacial score (nSPS) is 11.3. The van der Waals surface area contributed by atoms with Crippen molar-refractivity contribution in [1.82, 2.24) is 10.2 Å². The lowest BCUT2D eigenvalue weighted by molar-refractivity contribution is 0.150. The highest BCUT2D eigenvalue weighted by atomic mass is 19.1. The van der Waals surface area contributed by atoms with E-state index in [-0.39, 0.29) is 5.82 Å². The number of hydrogen-bond acceptors (Lipinski definition) is 3. The van der Waals surface area contributed by atoms with Crippen molar-refractivity contribution in [3.63, 3.8) is 0 Å². The van der Waals surface area contributed by atoms with Crippen LogP contribution in [0, 0.1) is 5.82 Å². The number of methoxy groups -OCH3 is 1. The molecule has 0 amide bonds. The highest BCUT2D eigenvalue weighted by Gasteiger charge is 2.09. The molecule has 0 bridgehead atoms. The van der Waals surface area contributed by atoms with Crippen LogP contribution in [0.1, 0.15) is 25.0 Å². The lowest BCUT2D eigenvalue weighted by Gasteiger charge is -2.21. The van der Waals surface area contributed by atoms with Gasteiger partial charge in [0.15, 0.2) is 0 Å². The van der Waals surface area contributed by atoms with Crippen molar-refractivity contribution in [2.45, 2.75) is 33.0 Å². The number of hydrogen-bond donors (Lipinski definition) is 1. The third-order valence-corrected chi connectivity index (χ3v) is 3.22. The molecule has 0 unspecified atom stereocenters. The maximum Gasteiger partial charge on any atom is 0.127 e. The summed E-state index contributed by atoms with van der Waals surface area (Å²) in [6.45, 7) is 11.4. The summed E-state index contributed by atoms with van der Waals surface area (Å²) in [4.78, 5) is 2.12. The Hall–Kier alpha value is -1.23. The molecular weight excluding hydrogens is 267 g/mol. The standard InChI is InChI=1S/C17H27FN2O/c1-5-8-20(9-10-21-4)13-16-11-15(6-7-17(16)18)12-19-14(2)3/h5-7,11,14,19H,1,8-10,12-13H2,2-4H3. The van der Waals surface area contributed by atoms with Crippen molar-refractivity contribution in [2.24, 2.45) is 0 Å². The van der Waals surface area contributed by atoms with E-state index >= 15 is 0 Å². The Labute approximate surface area is 127 Å². The Bertz CT molecular complexity index is 435. The largest absolute Gasteiger partial charge is 0.383 e. The first-order valence-electron chi connectivity index (χ1n) is 7.39. The molecule has 118 valence electrons. The Balaban J connectivity index is 2.74. The van der Waals surface area contributed by atoms with Gasteiger partial charge in [0.05, 0.1) is 6.61 Å². The Kier molecular flexibility index (Phi) is 8.20. The number of nitrogens with zero attached hydrogens (tertiary/aromatic N) is 1. The minimum absolute atomic E-state index is 0.158. The zero-order chi connectivity index (χ0) is 15.7. The minimum atomic E-state index is -0.158. The zero-order valence-corrected chi connectivity index (χ0v) is 13.4. The van der Waals surface area contributed by atoms with Crippen molar-refractivity contribution in [3.8, 4) is 0 Å². The highest BCUT2D eigenvalue weighted by molar-refractivity contribution is 5.25. The third-order valence-electron chi connectivity index (χ3n) is 3.22.